The predicted molar refractivity (Wildman–Crippen MR) is 93.3 cm³/mol. The third kappa shape index (κ3) is 4.02. The fourth-order valence-electron chi connectivity index (χ4n) is 2.90. The molecule has 2 aliphatic heterocycles. The van der Waals surface area contributed by atoms with Gasteiger partial charge in [0.2, 0.25) is 0 Å². The molecule has 138 valence electrons. The second-order valence-electron chi connectivity index (χ2n) is 6.10. The van der Waals surface area contributed by atoms with Gasteiger partial charge in [-0.05, 0) is 37.1 Å². The van der Waals surface area contributed by atoms with Gasteiger partial charge in [-0.25, -0.2) is 0 Å². The number of hydrogen-bond acceptors (Lipinski definition) is 6. The van der Waals surface area contributed by atoms with E-state index >= 15 is 0 Å². The van der Waals surface area contributed by atoms with E-state index < -0.39 is 11.8 Å². The Morgan fingerprint density at radius 2 is 1.85 bits per heavy atom. The van der Waals surface area contributed by atoms with Crippen LogP contribution in [0.25, 0.3) is 0 Å². The maximum Gasteiger partial charge on any atom is 0.277 e. The van der Waals surface area contributed by atoms with Gasteiger partial charge < -0.3 is 20.1 Å². The Morgan fingerprint density at radius 3 is 2.50 bits per heavy atom. The molecule has 8 heteroatoms. The van der Waals surface area contributed by atoms with E-state index in [1.165, 1.54) is 6.08 Å². The molecule has 3 rings (SSSR count). The number of carbonyl (C=O) groups is 3. The highest BCUT2D eigenvalue weighted by atomic mass is 16.5. The van der Waals surface area contributed by atoms with Crippen molar-refractivity contribution in [2.45, 2.75) is 12.8 Å². The molecule has 1 aromatic carbocycles. The molecule has 1 fully saturated rings. The number of amides is 3. The summed E-state index contributed by atoms with van der Waals surface area (Å²) in [5, 5.41) is 11.8. The lowest BCUT2D eigenvalue weighted by molar-refractivity contribution is -0.137. The highest BCUT2D eigenvalue weighted by molar-refractivity contribution is 6.17. The Hall–Kier alpha value is -2.87. The van der Waals surface area contributed by atoms with Crippen molar-refractivity contribution in [2.75, 3.05) is 38.2 Å². The minimum Gasteiger partial charge on any atom is -0.484 e. The zero-order valence-corrected chi connectivity index (χ0v) is 14.3. The van der Waals surface area contributed by atoms with Gasteiger partial charge in [-0.2, -0.15) is 0 Å². The Labute approximate surface area is 151 Å². The van der Waals surface area contributed by atoms with E-state index in [4.69, 9.17) is 9.84 Å². The van der Waals surface area contributed by atoms with E-state index in [1.54, 1.807) is 29.2 Å². The van der Waals surface area contributed by atoms with Crippen LogP contribution in [0.4, 0.5) is 5.69 Å². The normalized spacial score (nSPS) is 16.9. The van der Waals surface area contributed by atoms with E-state index in [-0.39, 0.29) is 31.4 Å². The molecule has 26 heavy (non-hydrogen) atoms. The molecule has 0 atom stereocenters. The monoisotopic (exact) mass is 359 g/mol. The lowest BCUT2D eigenvalue weighted by Gasteiger charge is -2.16. The van der Waals surface area contributed by atoms with Gasteiger partial charge in [-0.3, -0.25) is 19.3 Å². The molecule has 3 amide bonds. The van der Waals surface area contributed by atoms with E-state index in [0.717, 1.165) is 30.8 Å². The number of rotatable bonds is 7. The molecule has 2 heterocycles. The fourth-order valence-corrected chi connectivity index (χ4v) is 2.90. The number of imide groups is 1. The van der Waals surface area contributed by atoms with Crippen molar-refractivity contribution in [3.8, 4) is 5.75 Å². The molecule has 1 aromatic rings. The zero-order valence-electron chi connectivity index (χ0n) is 14.3. The molecular formula is C18H21N3O5. The first-order valence-electron chi connectivity index (χ1n) is 8.54. The predicted octanol–water partition coefficient (Wildman–Crippen LogP) is 0.345. The van der Waals surface area contributed by atoms with E-state index in [2.05, 4.69) is 5.32 Å². The molecule has 0 spiro atoms. The quantitative estimate of drug-likeness (QED) is 0.682. The molecular weight excluding hydrogens is 338 g/mol. The molecule has 0 aromatic heterocycles. The van der Waals surface area contributed by atoms with Crippen LogP contribution in [0.15, 0.2) is 36.0 Å². The average Bonchev–Trinajstić information content (AvgIpc) is 3.26. The van der Waals surface area contributed by atoms with Crippen LogP contribution in [-0.2, 0) is 14.4 Å². The summed E-state index contributed by atoms with van der Waals surface area (Å²) in [4.78, 5) is 38.5. The number of anilines is 1. The molecule has 1 saturated heterocycles. The number of ether oxygens (including phenoxy) is 1. The highest BCUT2D eigenvalue weighted by Gasteiger charge is 2.30. The summed E-state index contributed by atoms with van der Waals surface area (Å²) >= 11 is 0. The van der Waals surface area contributed by atoms with E-state index in [0.29, 0.717) is 11.4 Å². The maximum absolute atomic E-state index is 12.1. The van der Waals surface area contributed by atoms with Gasteiger partial charge in [0, 0.05) is 24.9 Å². The molecule has 0 unspecified atom stereocenters. The minimum absolute atomic E-state index is 0.00103. The van der Waals surface area contributed by atoms with Gasteiger partial charge in [0.1, 0.15) is 11.4 Å². The summed E-state index contributed by atoms with van der Waals surface area (Å²) in [6, 6.07) is 6.77. The van der Waals surface area contributed by atoms with Crippen molar-refractivity contribution >= 4 is 23.4 Å². The molecule has 0 aliphatic carbocycles. The van der Waals surface area contributed by atoms with Crippen LogP contribution in [0.5, 0.6) is 5.75 Å². The van der Waals surface area contributed by atoms with Crippen LogP contribution < -0.4 is 10.1 Å². The van der Waals surface area contributed by atoms with Crippen molar-refractivity contribution in [3.05, 3.63) is 36.0 Å². The van der Waals surface area contributed by atoms with Gasteiger partial charge in [-0.15, -0.1) is 0 Å². The number of likely N-dealkylation sites (tertiary alicyclic amines) is 1. The van der Waals surface area contributed by atoms with Crippen molar-refractivity contribution in [1.82, 2.24) is 9.80 Å². The SMILES string of the molecule is O=C(COc1ccc(NC2=CC(=O)N(CCO)C2=O)cc1)N1CCCC1. The maximum atomic E-state index is 12.1. The Morgan fingerprint density at radius 1 is 1.15 bits per heavy atom. The van der Waals surface area contributed by atoms with Crippen LogP contribution in [0.3, 0.4) is 0 Å². The third-order valence-electron chi connectivity index (χ3n) is 4.29. The van der Waals surface area contributed by atoms with Gasteiger partial charge in [0.25, 0.3) is 17.7 Å². The molecule has 8 nitrogen and oxygen atoms in total. The topological polar surface area (TPSA) is 99.2 Å². The number of benzene rings is 1. The number of nitrogens with one attached hydrogen (secondary N) is 1. The summed E-state index contributed by atoms with van der Waals surface area (Å²) in [5.74, 6) is -0.394. The first-order valence-corrected chi connectivity index (χ1v) is 8.54. The van der Waals surface area contributed by atoms with Crippen LogP contribution in [0.2, 0.25) is 0 Å². The van der Waals surface area contributed by atoms with Gasteiger partial charge in [-0.1, -0.05) is 0 Å². The number of hydrogen-bond donors (Lipinski definition) is 2. The van der Waals surface area contributed by atoms with Crippen LogP contribution >= 0.6 is 0 Å². The third-order valence-corrected chi connectivity index (χ3v) is 4.29. The molecule has 2 aliphatic rings. The zero-order chi connectivity index (χ0) is 18.5. The molecule has 0 saturated carbocycles. The fraction of sp³-hybridized carbons (Fsp3) is 0.389. The second-order valence-corrected chi connectivity index (χ2v) is 6.10. The number of nitrogens with zero attached hydrogens (tertiary/aromatic N) is 2. The van der Waals surface area contributed by atoms with Crippen LogP contribution in [-0.4, -0.2) is 65.5 Å². The van der Waals surface area contributed by atoms with E-state index in [1.807, 2.05) is 0 Å². The molecule has 0 radical (unpaired) electrons. The summed E-state index contributed by atoms with van der Waals surface area (Å²) in [6.07, 6.45) is 3.29. The largest absolute Gasteiger partial charge is 0.484 e. The molecule has 0 bridgehead atoms. The standard InChI is InChI=1S/C18H21N3O5/c22-10-9-21-16(23)11-15(18(21)25)19-13-3-5-14(6-4-13)26-12-17(24)20-7-1-2-8-20/h3-6,11,19,22H,1-2,7-10,12H2. The van der Waals surface area contributed by atoms with Gasteiger partial charge in [0.05, 0.1) is 13.2 Å². The summed E-state index contributed by atoms with van der Waals surface area (Å²) in [7, 11) is 0. The first kappa shape index (κ1) is 17.9. The summed E-state index contributed by atoms with van der Waals surface area (Å²) in [6.45, 7) is 1.28. The number of carbonyl (C=O) groups excluding carboxylic acids is 3. The van der Waals surface area contributed by atoms with Gasteiger partial charge in [0.15, 0.2) is 6.61 Å². The second kappa shape index (κ2) is 8.01. The summed E-state index contributed by atoms with van der Waals surface area (Å²) in [5.41, 5.74) is 0.766. The Balaban J connectivity index is 1.53. The lowest BCUT2D eigenvalue weighted by atomic mass is 10.3. The highest BCUT2D eigenvalue weighted by Crippen LogP contribution is 2.20. The average molecular weight is 359 g/mol. The Kier molecular flexibility index (Phi) is 5.52. The van der Waals surface area contributed by atoms with Crippen molar-refractivity contribution < 1.29 is 24.2 Å². The lowest BCUT2D eigenvalue weighted by Crippen LogP contribution is -2.34. The minimum atomic E-state index is -0.472. The Bertz CT molecular complexity index is 723. The van der Waals surface area contributed by atoms with Crippen molar-refractivity contribution in [2.24, 2.45) is 0 Å². The number of aliphatic hydroxyl groups is 1. The van der Waals surface area contributed by atoms with Crippen LogP contribution in [0.1, 0.15) is 12.8 Å². The summed E-state index contributed by atoms with van der Waals surface area (Å²) < 4.78 is 5.50. The number of aliphatic hydroxyl groups excluding tert-OH is 1. The van der Waals surface area contributed by atoms with Crippen molar-refractivity contribution in [1.29, 1.82) is 0 Å². The molecule has 2 N–H and O–H groups in total. The van der Waals surface area contributed by atoms with Crippen LogP contribution in [0, 0.1) is 0 Å². The first-order chi connectivity index (χ1) is 12.6. The van der Waals surface area contributed by atoms with Crippen molar-refractivity contribution in [3.63, 3.8) is 0 Å². The van der Waals surface area contributed by atoms with Gasteiger partial charge >= 0.3 is 0 Å². The van der Waals surface area contributed by atoms with E-state index in [9.17, 15) is 14.4 Å². The smallest absolute Gasteiger partial charge is 0.277 e. The number of β-amino-alcohol motifs (C(OH)–C–C–N with tert-alkyl or cyclic N) is 1.